The van der Waals surface area contributed by atoms with Crippen molar-refractivity contribution in [3.05, 3.63) is 22.8 Å². The molecule has 188 valence electrons. The summed E-state index contributed by atoms with van der Waals surface area (Å²) in [6, 6.07) is 0. The second-order valence-corrected chi connectivity index (χ2v) is 12.2. The van der Waals surface area contributed by atoms with Crippen LogP contribution in [0.25, 0.3) is 0 Å². The maximum absolute atomic E-state index is 13.4. The van der Waals surface area contributed by atoms with Gasteiger partial charge in [0.2, 0.25) is 5.91 Å². The molecule has 1 amide bonds. The first kappa shape index (κ1) is 25.3. The summed E-state index contributed by atoms with van der Waals surface area (Å²) in [5, 5.41) is 13.0. The third-order valence-corrected chi connectivity index (χ3v) is 10.1. The zero-order valence-electron chi connectivity index (χ0n) is 21.7. The Morgan fingerprint density at radius 3 is 2.53 bits per heavy atom. The van der Waals surface area contributed by atoms with Gasteiger partial charge in [0, 0.05) is 31.9 Å². The average molecular weight is 470 g/mol. The largest absolute Gasteiger partial charge is 0.393 e. The normalized spacial score (nSPS) is 39.4. The number of rotatable bonds is 6. The molecule has 0 aromatic rings. The van der Waals surface area contributed by atoms with Gasteiger partial charge in [-0.2, -0.15) is 0 Å². The minimum absolute atomic E-state index is 0.0504. The molecule has 0 radical (unpaired) electrons. The summed E-state index contributed by atoms with van der Waals surface area (Å²) in [4.78, 5) is 37.7. The van der Waals surface area contributed by atoms with Crippen LogP contribution < -0.4 is 5.32 Å². The quantitative estimate of drug-likeness (QED) is 0.427. The molecular formula is C29H43NO4. The van der Waals surface area contributed by atoms with Gasteiger partial charge in [-0.15, -0.1) is 0 Å². The predicted octanol–water partition coefficient (Wildman–Crippen LogP) is 4.93. The molecule has 4 aliphatic rings. The highest BCUT2D eigenvalue weighted by Crippen LogP contribution is 2.65. The fraction of sp³-hybridized carbons (Fsp3) is 0.759. The smallest absolute Gasteiger partial charge is 0.216 e. The fourth-order valence-electron chi connectivity index (χ4n) is 8.03. The third kappa shape index (κ3) is 4.34. The zero-order valence-corrected chi connectivity index (χ0v) is 21.7. The van der Waals surface area contributed by atoms with Crippen LogP contribution in [0.1, 0.15) is 92.4 Å². The highest BCUT2D eigenvalue weighted by Gasteiger charge is 2.59. The van der Waals surface area contributed by atoms with E-state index in [9.17, 15) is 19.5 Å². The van der Waals surface area contributed by atoms with Crippen molar-refractivity contribution in [3.63, 3.8) is 0 Å². The van der Waals surface area contributed by atoms with Gasteiger partial charge in [0.05, 0.1) is 6.10 Å². The highest BCUT2D eigenvalue weighted by atomic mass is 16.3. The number of carbonyl (C=O) groups excluding carboxylic acids is 3. The van der Waals surface area contributed by atoms with Crippen molar-refractivity contribution in [1.82, 2.24) is 5.32 Å². The van der Waals surface area contributed by atoms with Crippen LogP contribution in [0, 0.1) is 34.5 Å². The lowest BCUT2D eigenvalue weighted by atomic mass is 9.47. The molecule has 4 rings (SSSR count). The number of ketones is 2. The molecule has 5 nitrogen and oxygen atoms in total. The Labute approximate surface area is 204 Å². The Morgan fingerprint density at radius 1 is 1.12 bits per heavy atom. The monoisotopic (exact) mass is 469 g/mol. The van der Waals surface area contributed by atoms with Crippen molar-refractivity contribution >= 4 is 17.5 Å². The first-order chi connectivity index (χ1) is 16.0. The van der Waals surface area contributed by atoms with Crippen LogP contribution in [-0.2, 0) is 14.4 Å². The van der Waals surface area contributed by atoms with Gasteiger partial charge in [0.25, 0.3) is 0 Å². The van der Waals surface area contributed by atoms with Crippen LogP contribution >= 0.6 is 0 Å². The molecule has 0 unspecified atom stereocenters. The number of aliphatic hydroxyl groups excluding tert-OH is 1. The molecule has 7 atom stereocenters. The first-order valence-electron chi connectivity index (χ1n) is 13.4. The number of carbonyl (C=O) groups is 3. The number of fused-ring (bicyclic) bond motifs is 5. The molecule has 0 aliphatic heterocycles. The number of aliphatic hydroxyl groups is 1. The number of hydrogen-bond donors (Lipinski definition) is 2. The number of allylic oxidation sites excluding steroid dienone is 3. The van der Waals surface area contributed by atoms with E-state index >= 15 is 0 Å². The van der Waals surface area contributed by atoms with E-state index in [1.165, 1.54) is 12.5 Å². The van der Waals surface area contributed by atoms with Gasteiger partial charge in [-0.1, -0.05) is 32.4 Å². The van der Waals surface area contributed by atoms with Crippen LogP contribution in [0.2, 0.25) is 0 Å². The number of Topliss-reactive ketones (excluding diaryl/α,β-unsaturated/α-hetero) is 2. The van der Waals surface area contributed by atoms with E-state index in [-0.39, 0.29) is 40.3 Å². The molecule has 2 N–H and O–H groups in total. The van der Waals surface area contributed by atoms with Gasteiger partial charge in [-0.3, -0.25) is 14.4 Å². The minimum Gasteiger partial charge on any atom is -0.393 e. The lowest BCUT2D eigenvalue weighted by Crippen LogP contribution is -2.49. The molecule has 0 bridgehead atoms. The van der Waals surface area contributed by atoms with E-state index in [0.717, 1.165) is 44.1 Å². The van der Waals surface area contributed by atoms with Crippen LogP contribution in [0.4, 0.5) is 0 Å². The number of hydrogen-bond acceptors (Lipinski definition) is 4. The highest BCUT2D eigenvalue weighted by molar-refractivity contribution is 6.08. The number of amides is 1. The Hall–Kier alpha value is -1.75. The molecular weight excluding hydrogens is 426 g/mol. The number of nitrogens with one attached hydrogen (secondary N) is 1. The van der Waals surface area contributed by atoms with Crippen molar-refractivity contribution in [3.8, 4) is 0 Å². The molecule has 0 heterocycles. The fourth-order valence-corrected chi connectivity index (χ4v) is 8.03. The average Bonchev–Trinajstić information content (AvgIpc) is 3.05. The third-order valence-electron chi connectivity index (χ3n) is 10.1. The van der Waals surface area contributed by atoms with Gasteiger partial charge < -0.3 is 10.4 Å². The summed E-state index contributed by atoms with van der Waals surface area (Å²) in [6.07, 6.45) is 9.64. The minimum atomic E-state index is -0.213. The molecule has 4 aliphatic carbocycles. The van der Waals surface area contributed by atoms with E-state index in [4.69, 9.17) is 0 Å². The topological polar surface area (TPSA) is 83.5 Å². The predicted molar refractivity (Wildman–Crippen MR) is 133 cm³/mol. The second-order valence-electron chi connectivity index (χ2n) is 12.2. The van der Waals surface area contributed by atoms with Crippen molar-refractivity contribution in [2.24, 2.45) is 34.5 Å². The molecule has 0 aromatic carbocycles. The van der Waals surface area contributed by atoms with Crippen molar-refractivity contribution in [1.29, 1.82) is 0 Å². The molecule has 34 heavy (non-hydrogen) atoms. The Morgan fingerprint density at radius 2 is 1.82 bits per heavy atom. The van der Waals surface area contributed by atoms with E-state index in [1.54, 1.807) is 0 Å². The molecule has 0 spiro atoms. The van der Waals surface area contributed by atoms with Gasteiger partial charge in [0.1, 0.15) is 0 Å². The Balaban J connectivity index is 1.52. The van der Waals surface area contributed by atoms with Gasteiger partial charge in [-0.25, -0.2) is 0 Å². The lowest BCUT2D eigenvalue weighted by molar-refractivity contribution is -0.119. The summed E-state index contributed by atoms with van der Waals surface area (Å²) in [5.74, 6) is 1.79. The van der Waals surface area contributed by atoms with E-state index in [0.29, 0.717) is 49.1 Å². The van der Waals surface area contributed by atoms with E-state index in [1.807, 2.05) is 13.8 Å². The summed E-state index contributed by atoms with van der Waals surface area (Å²) in [6.45, 7) is 10.6. The lowest BCUT2D eigenvalue weighted by Gasteiger charge is -2.57. The van der Waals surface area contributed by atoms with Crippen molar-refractivity contribution in [2.45, 2.75) is 98.5 Å². The van der Waals surface area contributed by atoms with Crippen LogP contribution in [0.5, 0.6) is 0 Å². The summed E-state index contributed by atoms with van der Waals surface area (Å²) in [5.41, 5.74) is 2.87. The van der Waals surface area contributed by atoms with Gasteiger partial charge >= 0.3 is 0 Å². The zero-order chi connectivity index (χ0) is 24.8. The van der Waals surface area contributed by atoms with Crippen LogP contribution in [0.3, 0.4) is 0 Å². The summed E-state index contributed by atoms with van der Waals surface area (Å²) in [7, 11) is 0. The van der Waals surface area contributed by atoms with Crippen molar-refractivity contribution in [2.75, 3.05) is 6.54 Å². The van der Waals surface area contributed by atoms with Crippen LogP contribution in [-0.4, -0.2) is 35.2 Å². The SMILES string of the molecule is CC(=O)NC[C@@H](C)CCC(=O)/C(C)=C1\C(=O)C[C@@H]2[C@H]3CC=C4C[C@@H](O)CC[C@]4(C)[C@@H]3CC[C@]12C. The van der Waals surface area contributed by atoms with E-state index in [2.05, 4.69) is 25.2 Å². The summed E-state index contributed by atoms with van der Waals surface area (Å²) < 4.78 is 0. The molecule has 0 aromatic heterocycles. The molecule has 5 heteroatoms. The van der Waals surface area contributed by atoms with Crippen LogP contribution in [0.15, 0.2) is 22.8 Å². The maximum Gasteiger partial charge on any atom is 0.216 e. The molecule has 3 saturated carbocycles. The molecule has 0 saturated heterocycles. The standard InChI is InChI=1S/C29H43NO4/c1-17(16-30-19(3)31)6-9-25(33)18(2)27-26(34)15-24-22-8-7-20-14-21(32)10-12-28(20,4)23(22)11-13-29(24,27)5/h7,17,21-24,32H,6,8-16H2,1-5H3,(H,30,31)/b27-18+/t17-,21-,22-,23+,24+,28-,29-/m0/s1. The Bertz CT molecular complexity index is 932. The second kappa shape index (κ2) is 9.37. The Kier molecular flexibility index (Phi) is 6.98. The van der Waals surface area contributed by atoms with Gasteiger partial charge in [0.15, 0.2) is 11.6 Å². The molecule has 3 fully saturated rings. The maximum atomic E-state index is 13.4. The van der Waals surface area contributed by atoms with Crippen molar-refractivity contribution < 1.29 is 19.5 Å². The van der Waals surface area contributed by atoms with Gasteiger partial charge in [-0.05, 0) is 91.9 Å². The van der Waals surface area contributed by atoms with E-state index < -0.39 is 0 Å². The summed E-state index contributed by atoms with van der Waals surface area (Å²) >= 11 is 0. The first-order valence-corrected chi connectivity index (χ1v) is 13.4.